The highest BCUT2D eigenvalue weighted by Crippen LogP contribution is 2.30. The van der Waals surface area contributed by atoms with Crippen molar-refractivity contribution in [2.75, 3.05) is 19.9 Å². The maximum Gasteiger partial charge on any atom is 0.243 e. The number of halogens is 1. The van der Waals surface area contributed by atoms with Crippen LogP contribution in [0.3, 0.4) is 0 Å². The number of sulfonamides is 1. The summed E-state index contributed by atoms with van der Waals surface area (Å²) in [5.74, 6) is -0.580. The van der Waals surface area contributed by atoms with Gasteiger partial charge in [-0.1, -0.05) is 13.8 Å². The number of hydrogen-bond acceptors (Lipinski definition) is 4. The smallest absolute Gasteiger partial charge is 0.243 e. The molecule has 0 aliphatic heterocycles. The average molecular weight is 318 g/mol. The standard InChI is InChI=1S/C14H23FN2O3S/c1-9(2)6-10(3)17(4)21(18,19)11-7-12(15)14(20-5)13(16)8-11/h7-10H,6,16H2,1-5H3. The van der Waals surface area contributed by atoms with Gasteiger partial charge in [-0.3, -0.25) is 0 Å². The Bertz CT molecular complexity index is 579. The molecule has 1 aromatic carbocycles. The first-order valence-electron chi connectivity index (χ1n) is 6.72. The fraction of sp³-hybridized carbons (Fsp3) is 0.571. The van der Waals surface area contributed by atoms with Gasteiger partial charge in [-0.2, -0.15) is 4.31 Å². The number of nitrogens with zero attached hydrogens (tertiary/aromatic N) is 1. The van der Waals surface area contributed by atoms with Crippen LogP contribution in [0.1, 0.15) is 27.2 Å². The van der Waals surface area contributed by atoms with Crippen molar-refractivity contribution in [3.63, 3.8) is 0 Å². The summed E-state index contributed by atoms with van der Waals surface area (Å²) in [7, 11) is -1.03. The number of methoxy groups -OCH3 is 1. The third kappa shape index (κ3) is 3.85. The predicted octanol–water partition coefficient (Wildman–Crippen LogP) is 2.47. The van der Waals surface area contributed by atoms with Crippen molar-refractivity contribution < 1.29 is 17.5 Å². The molecule has 21 heavy (non-hydrogen) atoms. The van der Waals surface area contributed by atoms with Crippen molar-refractivity contribution >= 4 is 15.7 Å². The van der Waals surface area contributed by atoms with E-state index in [1.54, 1.807) is 0 Å². The number of anilines is 1. The SMILES string of the molecule is COc1c(N)cc(S(=O)(=O)N(C)C(C)CC(C)C)cc1F. The Morgan fingerprint density at radius 3 is 2.33 bits per heavy atom. The molecule has 0 spiro atoms. The van der Waals surface area contributed by atoms with Crippen LogP contribution in [-0.4, -0.2) is 32.9 Å². The lowest BCUT2D eigenvalue weighted by molar-refractivity contribution is 0.337. The van der Waals surface area contributed by atoms with Gasteiger partial charge in [0.2, 0.25) is 10.0 Å². The second kappa shape index (κ2) is 6.62. The number of benzene rings is 1. The van der Waals surface area contributed by atoms with Crippen molar-refractivity contribution in [1.82, 2.24) is 4.31 Å². The molecule has 1 unspecified atom stereocenters. The van der Waals surface area contributed by atoms with Crippen LogP contribution in [-0.2, 0) is 10.0 Å². The first kappa shape index (κ1) is 17.7. The highest BCUT2D eigenvalue weighted by molar-refractivity contribution is 7.89. The van der Waals surface area contributed by atoms with Crippen molar-refractivity contribution in [3.8, 4) is 5.75 Å². The Balaban J connectivity index is 3.19. The molecule has 0 aliphatic rings. The molecule has 2 N–H and O–H groups in total. The van der Waals surface area contributed by atoms with Crippen LogP contribution >= 0.6 is 0 Å². The molecule has 5 nitrogen and oxygen atoms in total. The normalized spacial score (nSPS) is 13.7. The van der Waals surface area contributed by atoms with Gasteiger partial charge < -0.3 is 10.5 Å². The monoisotopic (exact) mass is 318 g/mol. The van der Waals surface area contributed by atoms with E-state index in [1.807, 2.05) is 20.8 Å². The zero-order chi connectivity index (χ0) is 16.4. The van der Waals surface area contributed by atoms with E-state index in [-0.39, 0.29) is 22.4 Å². The Labute approximate surface area is 125 Å². The Kier molecular flexibility index (Phi) is 5.58. The van der Waals surface area contributed by atoms with Crippen LogP contribution in [0.5, 0.6) is 5.75 Å². The predicted molar refractivity (Wildman–Crippen MR) is 81.2 cm³/mol. The Morgan fingerprint density at radius 1 is 1.33 bits per heavy atom. The lowest BCUT2D eigenvalue weighted by atomic mass is 10.1. The van der Waals surface area contributed by atoms with Crippen LogP contribution in [0.4, 0.5) is 10.1 Å². The lowest BCUT2D eigenvalue weighted by Gasteiger charge is -2.26. The molecule has 0 saturated heterocycles. The summed E-state index contributed by atoms with van der Waals surface area (Å²) in [6, 6.07) is 1.96. The van der Waals surface area contributed by atoms with Crippen molar-refractivity contribution in [1.29, 1.82) is 0 Å². The highest BCUT2D eigenvalue weighted by Gasteiger charge is 2.27. The van der Waals surface area contributed by atoms with Gasteiger partial charge in [0.25, 0.3) is 0 Å². The van der Waals surface area contributed by atoms with Gasteiger partial charge in [-0.15, -0.1) is 0 Å². The number of hydrogen-bond donors (Lipinski definition) is 1. The van der Waals surface area contributed by atoms with Gasteiger partial charge in [0, 0.05) is 13.1 Å². The van der Waals surface area contributed by atoms with E-state index < -0.39 is 15.8 Å². The zero-order valence-electron chi connectivity index (χ0n) is 13.1. The summed E-state index contributed by atoms with van der Waals surface area (Å²) < 4.78 is 44.9. The molecular weight excluding hydrogens is 295 g/mol. The van der Waals surface area contributed by atoms with E-state index in [0.717, 1.165) is 6.07 Å². The Hall–Kier alpha value is -1.34. The van der Waals surface area contributed by atoms with Gasteiger partial charge in [0.1, 0.15) is 0 Å². The molecular formula is C14H23FN2O3S. The van der Waals surface area contributed by atoms with Gasteiger partial charge in [-0.25, -0.2) is 12.8 Å². The molecule has 120 valence electrons. The van der Waals surface area contributed by atoms with E-state index in [4.69, 9.17) is 10.5 Å². The van der Waals surface area contributed by atoms with E-state index in [9.17, 15) is 12.8 Å². The van der Waals surface area contributed by atoms with Gasteiger partial charge in [-0.05, 0) is 31.4 Å². The fourth-order valence-corrected chi connectivity index (χ4v) is 3.61. The summed E-state index contributed by atoms with van der Waals surface area (Å²) in [6.07, 6.45) is 0.712. The molecule has 0 fully saturated rings. The van der Waals surface area contributed by atoms with E-state index in [2.05, 4.69) is 0 Å². The largest absolute Gasteiger partial charge is 0.492 e. The van der Waals surface area contributed by atoms with E-state index in [1.165, 1.54) is 24.5 Å². The first-order valence-corrected chi connectivity index (χ1v) is 8.16. The molecule has 0 aromatic heterocycles. The van der Waals surface area contributed by atoms with Crippen LogP contribution in [0.15, 0.2) is 17.0 Å². The second-order valence-electron chi connectivity index (χ2n) is 5.53. The Morgan fingerprint density at radius 2 is 1.90 bits per heavy atom. The minimum absolute atomic E-state index is 0.0408. The molecule has 0 radical (unpaired) electrons. The molecule has 1 aromatic rings. The fourth-order valence-electron chi connectivity index (χ4n) is 2.19. The maximum absolute atomic E-state index is 13.8. The van der Waals surface area contributed by atoms with Crippen LogP contribution < -0.4 is 10.5 Å². The van der Waals surface area contributed by atoms with Crippen LogP contribution in [0, 0.1) is 11.7 Å². The molecule has 0 bridgehead atoms. The molecule has 0 aliphatic carbocycles. The van der Waals surface area contributed by atoms with Gasteiger partial charge in [0.15, 0.2) is 11.6 Å². The van der Waals surface area contributed by atoms with E-state index in [0.29, 0.717) is 12.3 Å². The summed E-state index contributed by atoms with van der Waals surface area (Å²) >= 11 is 0. The third-order valence-electron chi connectivity index (χ3n) is 3.36. The van der Waals surface area contributed by atoms with Crippen molar-refractivity contribution in [3.05, 3.63) is 17.9 Å². The average Bonchev–Trinajstić information content (AvgIpc) is 2.36. The number of ether oxygens (including phenoxy) is 1. The van der Waals surface area contributed by atoms with Gasteiger partial charge in [0.05, 0.1) is 17.7 Å². The van der Waals surface area contributed by atoms with Crippen molar-refractivity contribution in [2.24, 2.45) is 5.92 Å². The summed E-state index contributed by atoms with van der Waals surface area (Å²) in [5.41, 5.74) is 5.60. The summed E-state index contributed by atoms with van der Waals surface area (Å²) in [4.78, 5) is -0.170. The summed E-state index contributed by atoms with van der Waals surface area (Å²) in [5, 5.41) is 0. The quantitative estimate of drug-likeness (QED) is 0.818. The van der Waals surface area contributed by atoms with Crippen molar-refractivity contribution in [2.45, 2.75) is 38.1 Å². The number of nitrogens with two attached hydrogens (primary N) is 1. The molecule has 0 heterocycles. The highest BCUT2D eigenvalue weighted by atomic mass is 32.2. The maximum atomic E-state index is 13.8. The molecule has 7 heteroatoms. The molecule has 1 atom stereocenters. The number of rotatable bonds is 6. The third-order valence-corrected chi connectivity index (χ3v) is 5.31. The van der Waals surface area contributed by atoms with Crippen LogP contribution in [0.25, 0.3) is 0 Å². The van der Waals surface area contributed by atoms with E-state index >= 15 is 0 Å². The molecule has 0 saturated carbocycles. The molecule has 0 amide bonds. The lowest BCUT2D eigenvalue weighted by Crippen LogP contribution is -2.36. The van der Waals surface area contributed by atoms with Crippen LogP contribution in [0.2, 0.25) is 0 Å². The zero-order valence-corrected chi connectivity index (χ0v) is 13.9. The number of nitrogen functional groups attached to an aromatic ring is 1. The minimum Gasteiger partial charge on any atom is -0.492 e. The topological polar surface area (TPSA) is 72.6 Å². The minimum atomic E-state index is -3.80. The first-order chi connectivity index (χ1) is 9.61. The molecule has 1 rings (SSSR count). The summed E-state index contributed by atoms with van der Waals surface area (Å²) in [6.45, 7) is 5.85. The van der Waals surface area contributed by atoms with Gasteiger partial charge >= 0.3 is 0 Å². The second-order valence-corrected chi connectivity index (χ2v) is 7.52.